The predicted molar refractivity (Wildman–Crippen MR) is 54.8 cm³/mol. The summed E-state index contributed by atoms with van der Waals surface area (Å²) >= 11 is 0. The third-order valence-corrected chi connectivity index (χ3v) is 3.18. The lowest BCUT2D eigenvalue weighted by Gasteiger charge is -2.09. The summed E-state index contributed by atoms with van der Waals surface area (Å²) in [6.07, 6.45) is 0. The van der Waals surface area contributed by atoms with E-state index in [0.29, 0.717) is 0 Å². The number of alkyl halides is 2. The van der Waals surface area contributed by atoms with E-state index in [4.69, 9.17) is 0 Å². The first-order valence-corrected chi connectivity index (χ1v) is 6.58. The summed E-state index contributed by atoms with van der Waals surface area (Å²) < 4.78 is 68.1. The van der Waals surface area contributed by atoms with E-state index in [2.05, 4.69) is 0 Å². The van der Waals surface area contributed by atoms with E-state index >= 15 is 0 Å². The molecule has 0 heterocycles. The standard InChI is InChI=1S/C8H8F2O4S2/c9-7(15(11)12)5-3-1-2-4-6(5)8(10)16(13)14/h1-4,7-8,15-16H. The smallest absolute Gasteiger partial charge is 0.223 e. The highest BCUT2D eigenvalue weighted by Crippen LogP contribution is 2.29. The van der Waals surface area contributed by atoms with Crippen LogP contribution in [0, 0.1) is 0 Å². The fourth-order valence-corrected chi connectivity index (χ4v) is 2.10. The first-order valence-electron chi connectivity index (χ1n) is 4.09. The molecule has 0 amide bonds. The van der Waals surface area contributed by atoms with Gasteiger partial charge in [0.1, 0.15) is 0 Å². The van der Waals surface area contributed by atoms with Crippen molar-refractivity contribution in [3.05, 3.63) is 35.4 Å². The van der Waals surface area contributed by atoms with Gasteiger partial charge in [-0.3, -0.25) is 0 Å². The lowest BCUT2D eigenvalue weighted by Crippen LogP contribution is -2.03. The highest BCUT2D eigenvalue weighted by Gasteiger charge is 2.23. The Morgan fingerprint density at radius 1 is 0.812 bits per heavy atom. The molecule has 0 bridgehead atoms. The van der Waals surface area contributed by atoms with Gasteiger partial charge in [-0.2, -0.15) is 0 Å². The summed E-state index contributed by atoms with van der Waals surface area (Å²) in [6.45, 7) is 0. The van der Waals surface area contributed by atoms with Gasteiger partial charge in [-0.05, 0) is 0 Å². The Labute approximate surface area is 93.8 Å². The zero-order chi connectivity index (χ0) is 12.3. The Bertz CT molecular complexity index is 462. The molecule has 0 radical (unpaired) electrons. The van der Waals surface area contributed by atoms with Gasteiger partial charge >= 0.3 is 0 Å². The summed E-state index contributed by atoms with van der Waals surface area (Å²) in [5.74, 6) is 0. The van der Waals surface area contributed by atoms with Crippen molar-refractivity contribution in [2.24, 2.45) is 0 Å². The van der Waals surface area contributed by atoms with Crippen LogP contribution in [0.5, 0.6) is 0 Å². The van der Waals surface area contributed by atoms with Gasteiger partial charge in [0, 0.05) is 11.1 Å². The van der Waals surface area contributed by atoms with Crippen LogP contribution in [0.3, 0.4) is 0 Å². The topological polar surface area (TPSA) is 68.3 Å². The Morgan fingerprint density at radius 3 is 1.38 bits per heavy atom. The minimum Gasteiger partial charge on any atom is -0.228 e. The zero-order valence-electron chi connectivity index (χ0n) is 7.75. The summed E-state index contributed by atoms with van der Waals surface area (Å²) in [4.78, 5) is 0. The number of halogens is 2. The second-order valence-corrected chi connectivity index (χ2v) is 4.92. The van der Waals surface area contributed by atoms with E-state index < -0.39 is 43.5 Å². The van der Waals surface area contributed by atoms with Crippen LogP contribution in [0.15, 0.2) is 24.3 Å². The number of benzene rings is 1. The van der Waals surface area contributed by atoms with Crippen molar-refractivity contribution < 1.29 is 25.6 Å². The Morgan fingerprint density at radius 2 is 1.12 bits per heavy atom. The van der Waals surface area contributed by atoms with Crippen LogP contribution in [0.4, 0.5) is 8.78 Å². The minimum absolute atomic E-state index is 0.481. The van der Waals surface area contributed by atoms with Crippen molar-refractivity contribution in [2.45, 2.75) is 11.0 Å². The third-order valence-electron chi connectivity index (χ3n) is 1.88. The fraction of sp³-hybridized carbons (Fsp3) is 0.250. The number of thiol groups is 2. The molecule has 1 aromatic rings. The average Bonchev–Trinajstić information content (AvgIpc) is 2.26. The summed E-state index contributed by atoms with van der Waals surface area (Å²) in [7, 11) is -6.86. The second kappa shape index (κ2) is 5.35. The fourth-order valence-electron chi connectivity index (χ4n) is 1.17. The third kappa shape index (κ3) is 2.76. The number of hydrogen-bond donors (Lipinski definition) is 2. The van der Waals surface area contributed by atoms with Crippen LogP contribution in [0.25, 0.3) is 0 Å². The molecule has 2 unspecified atom stereocenters. The second-order valence-electron chi connectivity index (χ2n) is 2.87. The highest BCUT2D eigenvalue weighted by molar-refractivity contribution is 7.73. The normalized spacial score (nSPS) is 15.2. The molecule has 90 valence electrons. The highest BCUT2D eigenvalue weighted by atomic mass is 32.2. The largest absolute Gasteiger partial charge is 0.228 e. The Kier molecular flexibility index (Phi) is 4.36. The maximum atomic E-state index is 13.2. The molecule has 16 heavy (non-hydrogen) atoms. The van der Waals surface area contributed by atoms with Crippen molar-refractivity contribution in [2.75, 3.05) is 0 Å². The first-order chi connectivity index (χ1) is 7.45. The van der Waals surface area contributed by atoms with Gasteiger partial charge in [-0.1, -0.05) is 24.3 Å². The van der Waals surface area contributed by atoms with E-state index in [0.717, 1.165) is 12.1 Å². The molecule has 0 aliphatic rings. The van der Waals surface area contributed by atoms with Crippen molar-refractivity contribution >= 4 is 21.4 Å². The summed E-state index contributed by atoms with van der Waals surface area (Å²) in [5, 5.41) is 0. The predicted octanol–water partition coefficient (Wildman–Crippen LogP) is 0.846. The van der Waals surface area contributed by atoms with Crippen molar-refractivity contribution in [3.63, 3.8) is 0 Å². The van der Waals surface area contributed by atoms with Gasteiger partial charge < -0.3 is 0 Å². The monoisotopic (exact) mass is 270 g/mol. The molecular weight excluding hydrogens is 262 g/mol. The Hall–Kier alpha value is -1.02. The molecule has 0 saturated heterocycles. The summed E-state index contributed by atoms with van der Waals surface area (Å²) in [5.41, 5.74) is -5.77. The Balaban J connectivity index is 3.30. The van der Waals surface area contributed by atoms with Gasteiger partial charge in [0.25, 0.3) is 0 Å². The quantitative estimate of drug-likeness (QED) is 0.796. The number of hydrogen-bond acceptors (Lipinski definition) is 4. The zero-order valence-corrected chi connectivity index (χ0v) is 9.54. The van der Waals surface area contributed by atoms with Gasteiger partial charge in [0.15, 0.2) is 21.4 Å². The molecule has 2 atom stereocenters. The molecule has 0 N–H and O–H groups in total. The van der Waals surface area contributed by atoms with E-state index in [9.17, 15) is 25.6 Å². The van der Waals surface area contributed by atoms with Crippen LogP contribution in [0.2, 0.25) is 0 Å². The van der Waals surface area contributed by atoms with E-state index in [1.807, 2.05) is 0 Å². The van der Waals surface area contributed by atoms with Gasteiger partial charge in [0.05, 0.1) is 0 Å². The summed E-state index contributed by atoms with van der Waals surface area (Å²) in [6, 6.07) is 4.68. The van der Waals surface area contributed by atoms with Gasteiger partial charge in [0.2, 0.25) is 11.0 Å². The van der Waals surface area contributed by atoms with E-state index in [1.165, 1.54) is 12.1 Å². The first kappa shape index (κ1) is 13.0. The van der Waals surface area contributed by atoms with Crippen LogP contribution < -0.4 is 0 Å². The molecule has 0 aromatic heterocycles. The molecule has 4 nitrogen and oxygen atoms in total. The SMILES string of the molecule is O=[SH](=O)C(F)c1ccccc1C(F)[SH](=O)=O. The average molecular weight is 270 g/mol. The van der Waals surface area contributed by atoms with E-state index in [-0.39, 0.29) is 0 Å². The maximum absolute atomic E-state index is 13.2. The van der Waals surface area contributed by atoms with Crippen molar-refractivity contribution in [1.29, 1.82) is 0 Å². The van der Waals surface area contributed by atoms with Gasteiger partial charge in [-0.15, -0.1) is 0 Å². The van der Waals surface area contributed by atoms with Crippen LogP contribution in [-0.4, -0.2) is 16.8 Å². The van der Waals surface area contributed by atoms with Crippen molar-refractivity contribution in [1.82, 2.24) is 0 Å². The van der Waals surface area contributed by atoms with Crippen molar-refractivity contribution in [3.8, 4) is 0 Å². The molecule has 0 spiro atoms. The van der Waals surface area contributed by atoms with Crippen LogP contribution in [0.1, 0.15) is 22.1 Å². The molecule has 0 saturated carbocycles. The molecule has 0 fully saturated rings. The molecule has 8 heteroatoms. The van der Waals surface area contributed by atoms with Crippen LogP contribution in [-0.2, 0) is 21.4 Å². The van der Waals surface area contributed by atoms with Gasteiger partial charge in [-0.25, -0.2) is 25.6 Å². The molecule has 1 aromatic carbocycles. The maximum Gasteiger partial charge on any atom is 0.223 e. The molecular formula is C8H8F2O4S2. The molecule has 1 rings (SSSR count). The van der Waals surface area contributed by atoms with Crippen LogP contribution >= 0.6 is 0 Å². The lowest BCUT2D eigenvalue weighted by atomic mass is 10.1. The number of rotatable bonds is 4. The van der Waals surface area contributed by atoms with E-state index in [1.54, 1.807) is 0 Å². The molecule has 0 aliphatic carbocycles. The minimum atomic E-state index is -3.43. The molecule has 0 aliphatic heterocycles. The lowest BCUT2D eigenvalue weighted by molar-refractivity contribution is 0.413.